The molecule has 2 aromatic rings. The molecule has 0 N–H and O–H groups in total. The zero-order valence-electron chi connectivity index (χ0n) is 9.17. The monoisotopic (exact) mass is 249 g/mol. The van der Waals surface area contributed by atoms with E-state index < -0.39 is 0 Å². The van der Waals surface area contributed by atoms with Gasteiger partial charge in [0.25, 0.3) is 0 Å². The lowest BCUT2D eigenvalue weighted by molar-refractivity contribution is 0.145. The van der Waals surface area contributed by atoms with Gasteiger partial charge in [-0.15, -0.1) is 11.8 Å². The maximum absolute atomic E-state index is 13.6. The molecule has 0 bridgehead atoms. The Morgan fingerprint density at radius 2 is 2.18 bits per heavy atom. The Bertz CT molecular complexity index is 520. The fraction of sp³-hybridized carbons (Fsp3) is 0.231. The lowest BCUT2D eigenvalue weighted by atomic mass is 10.3. The van der Waals surface area contributed by atoms with Gasteiger partial charge in [-0.05, 0) is 18.2 Å². The van der Waals surface area contributed by atoms with Crippen LogP contribution >= 0.6 is 11.8 Å². The summed E-state index contributed by atoms with van der Waals surface area (Å²) in [5.74, 6) is 0.810. The van der Waals surface area contributed by atoms with E-state index in [1.54, 1.807) is 28.5 Å². The van der Waals surface area contributed by atoms with Crippen molar-refractivity contribution in [3.05, 3.63) is 54.1 Å². The van der Waals surface area contributed by atoms with Gasteiger partial charge in [-0.2, -0.15) is 0 Å². The highest BCUT2D eigenvalue weighted by molar-refractivity contribution is 7.99. The van der Waals surface area contributed by atoms with Crippen LogP contribution in [0, 0.1) is 5.82 Å². The van der Waals surface area contributed by atoms with Gasteiger partial charge in [0.05, 0.1) is 12.3 Å². The minimum absolute atomic E-state index is 0.100. The van der Waals surface area contributed by atoms with Crippen LogP contribution < -0.4 is 0 Å². The van der Waals surface area contributed by atoms with E-state index in [0.29, 0.717) is 5.69 Å². The normalized spacial score (nSPS) is 19.7. The Hall–Kier alpha value is -1.26. The van der Waals surface area contributed by atoms with E-state index in [2.05, 4.69) is 0 Å². The first kappa shape index (κ1) is 10.9. The topological polar surface area (TPSA) is 14.2 Å². The van der Waals surface area contributed by atoms with E-state index in [1.807, 2.05) is 24.5 Å². The molecule has 1 aliphatic heterocycles. The first-order valence-corrected chi connectivity index (χ1v) is 6.55. The molecule has 17 heavy (non-hydrogen) atoms. The van der Waals surface area contributed by atoms with E-state index in [4.69, 9.17) is 4.74 Å². The van der Waals surface area contributed by atoms with Crippen molar-refractivity contribution in [1.29, 1.82) is 0 Å². The molecule has 2 heterocycles. The lowest BCUT2D eigenvalue weighted by Gasteiger charge is -2.06. The molecule has 1 aromatic heterocycles. The maximum Gasteiger partial charge on any atom is 0.147 e. The van der Waals surface area contributed by atoms with Gasteiger partial charge in [-0.1, -0.05) is 12.1 Å². The van der Waals surface area contributed by atoms with Gasteiger partial charge in [-0.25, -0.2) is 4.39 Å². The van der Waals surface area contributed by atoms with Gasteiger partial charge in [0.15, 0.2) is 0 Å². The second-order valence-electron chi connectivity index (χ2n) is 3.88. The zero-order valence-corrected chi connectivity index (χ0v) is 9.99. The molecule has 1 aromatic carbocycles. The Morgan fingerprint density at radius 1 is 1.29 bits per heavy atom. The van der Waals surface area contributed by atoms with Crippen molar-refractivity contribution >= 4 is 11.8 Å². The number of thioether (sulfide) groups is 1. The summed E-state index contributed by atoms with van der Waals surface area (Å²) >= 11 is 1.78. The second-order valence-corrected chi connectivity index (χ2v) is 5.05. The lowest BCUT2D eigenvalue weighted by Crippen LogP contribution is -1.95. The third-order valence-corrected chi connectivity index (χ3v) is 3.85. The van der Waals surface area contributed by atoms with E-state index >= 15 is 0 Å². The number of aromatic nitrogens is 1. The molecular formula is C13H12FNOS. The molecule has 2 nitrogen and oxygen atoms in total. The third kappa shape index (κ3) is 2.10. The molecule has 3 rings (SSSR count). The smallest absolute Gasteiger partial charge is 0.147 e. The Balaban J connectivity index is 1.92. The number of rotatable bonds is 2. The molecule has 1 fully saturated rings. The van der Waals surface area contributed by atoms with Crippen molar-refractivity contribution in [1.82, 2.24) is 4.57 Å². The number of para-hydroxylation sites is 1. The van der Waals surface area contributed by atoms with Crippen LogP contribution in [0.15, 0.2) is 42.7 Å². The quantitative estimate of drug-likeness (QED) is 0.810. The highest BCUT2D eigenvalue weighted by Crippen LogP contribution is 2.35. The maximum atomic E-state index is 13.6. The summed E-state index contributed by atoms with van der Waals surface area (Å²) in [6.45, 7) is 0.792. The summed E-state index contributed by atoms with van der Waals surface area (Å²) in [6.07, 6.45) is 3.80. The summed E-state index contributed by atoms with van der Waals surface area (Å²) in [4.78, 5) is 0. The molecule has 0 saturated carbocycles. The molecular weight excluding hydrogens is 237 g/mol. The molecule has 0 radical (unpaired) electrons. The molecule has 0 unspecified atom stereocenters. The first-order chi connectivity index (χ1) is 8.34. The summed E-state index contributed by atoms with van der Waals surface area (Å²) < 4.78 is 21.0. The van der Waals surface area contributed by atoms with Gasteiger partial charge >= 0.3 is 0 Å². The van der Waals surface area contributed by atoms with Crippen molar-refractivity contribution in [3.8, 4) is 5.69 Å². The summed E-state index contributed by atoms with van der Waals surface area (Å²) in [6, 6.07) is 8.74. The molecule has 4 heteroatoms. The SMILES string of the molecule is Fc1ccccc1-n1ccc([C@H]2OCCS2)c1. The fourth-order valence-corrected chi connectivity index (χ4v) is 2.85. The standard InChI is InChI=1S/C13H12FNOS/c14-11-3-1-2-4-12(11)15-6-5-10(9-15)13-16-7-8-17-13/h1-6,9,13H,7-8H2/t13-/m0/s1. The van der Waals surface area contributed by atoms with Gasteiger partial charge in [-0.3, -0.25) is 0 Å². The van der Waals surface area contributed by atoms with Gasteiger partial charge in [0, 0.05) is 23.7 Å². The predicted molar refractivity (Wildman–Crippen MR) is 66.9 cm³/mol. The van der Waals surface area contributed by atoms with E-state index in [1.165, 1.54) is 6.07 Å². The van der Waals surface area contributed by atoms with Crippen LogP contribution in [-0.2, 0) is 4.74 Å². The Labute approximate surface area is 103 Å². The van der Waals surface area contributed by atoms with Crippen molar-refractivity contribution in [2.24, 2.45) is 0 Å². The predicted octanol–water partition coefficient (Wildman–Crippen LogP) is 3.38. The molecule has 0 aliphatic carbocycles. The average Bonchev–Trinajstić information content (AvgIpc) is 3.00. The van der Waals surface area contributed by atoms with Crippen molar-refractivity contribution in [2.75, 3.05) is 12.4 Å². The first-order valence-electron chi connectivity index (χ1n) is 5.50. The Morgan fingerprint density at radius 3 is 2.94 bits per heavy atom. The minimum Gasteiger partial charge on any atom is -0.362 e. The number of nitrogens with zero attached hydrogens (tertiary/aromatic N) is 1. The average molecular weight is 249 g/mol. The fourth-order valence-electron chi connectivity index (χ4n) is 1.91. The number of halogens is 1. The Kier molecular flexibility index (Phi) is 2.91. The summed E-state index contributed by atoms with van der Waals surface area (Å²) in [7, 11) is 0. The molecule has 88 valence electrons. The molecule has 0 spiro atoms. The van der Waals surface area contributed by atoms with E-state index in [0.717, 1.165) is 17.9 Å². The molecule has 1 atom stereocenters. The van der Waals surface area contributed by atoms with Gasteiger partial charge in [0.2, 0.25) is 0 Å². The van der Waals surface area contributed by atoms with Crippen LogP contribution in [0.25, 0.3) is 5.69 Å². The number of hydrogen-bond donors (Lipinski definition) is 0. The van der Waals surface area contributed by atoms with Crippen LogP contribution in [0.3, 0.4) is 0 Å². The van der Waals surface area contributed by atoms with Crippen molar-refractivity contribution in [2.45, 2.75) is 5.44 Å². The van der Waals surface area contributed by atoms with Crippen LogP contribution in [0.1, 0.15) is 11.0 Å². The molecule has 0 amide bonds. The van der Waals surface area contributed by atoms with Crippen LogP contribution in [0.5, 0.6) is 0 Å². The van der Waals surface area contributed by atoms with E-state index in [9.17, 15) is 4.39 Å². The summed E-state index contributed by atoms with van der Waals surface area (Å²) in [5.41, 5.74) is 1.76. The van der Waals surface area contributed by atoms with Gasteiger partial charge in [0.1, 0.15) is 11.3 Å². The molecule has 1 aliphatic rings. The minimum atomic E-state index is -0.213. The largest absolute Gasteiger partial charge is 0.362 e. The number of hydrogen-bond acceptors (Lipinski definition) is 2. The van der Waals surface area contributed by atoms with Crippen molar-refractivity contribution in [3.63, 3.8) is 0 Å². The van der Waals surface area contributed by atoms with Gasteiger partial charge < -0.3 is 9.30 Å². The summed E-state index contributed by atoms with van der Waals surface area (Å²) in [5, 5.41) is 0. The van der Waals surface area contributed by atoms with E-state index in [-0.39, 0.29) is 11.3 Å². The highest BCUT2D eigenvalue weighted by Gasteiger charge is 2.19. The van der Waals surface area contributed by atoms with Crippen LogP contribution in [-0.4, -0.2) is 16.9 Å². The van der Waals surface area contributed by atoms with Crippen molar-refractivity contribution < 1.29 is 9.13 Å². The zero-order chi connectivity index (χ0) is 11.7. The molecule has 1 saturated heterocycles. The number of ether oxygens (including phenoxy) is 1. The van der Waals surface area contributed by atoms with Crippen LogP contribution in [0.4, 0.5) is 4.39 Å². The second kappa shape index (κ2) is 4.55. The third-order valence-electron chi connectivity index (χ3n) is 2.74. The number of benzene rings is 1. The highest BCUT2D eigenvalue weighted by atomic mass is 32.2. The van der Waals surface area contributed by atoms with Crippen LogP contribution in [0.2, 0.25) is 0 Å².